The molecule has 3 fully saturated rings. The van der Waals surface area contributed by atoms with Gasteiger partial charge in [-0.2, -0.15) is 9.97 Å². The number of phenolic OH excluding ortho intramolecular Hbond substituents is 1. The highest BCUT2D eigenvalue weighted by atomic mass is 19.1. The van der Waals surface area contributed by atoms with Crippen molar-refractivity contribution in [2.45, 2.75) is 50.7 Å². The fourth-order valence-corrected chi connectivity index (χ4v) is 7.84. The lowest BCUT2D eigenvalue weighted by Gasteiger charge is -2.44. The minimum Gasteiger partial charge on any atom is -0.508 e. The van der Waals surface area contributed by atoms with Crippen LogP contribution in [-0.2, 0) is 4.74 Å². The van der Waals surface area contributed by atoms with E-state index in [1.165, 1.54) is 31.4 Å². The van der Waals surface area contributed by atoms with Crippen molar-refractivity contribution < 1.29 is 33.2 Å². The highest BCUT2D eigenvalue weighted by Crippen LogP contribution is 2.48. The molecule has 0 bridgehead atoms. The molecule has 2 N–H and O–H groups in total. The van der Waals surface area contributed by atoms with Crippen LogP contribution in [0.1, 0.15) is 39.0 Å². The van der Waals surface area contributed by atoms with E-state index in [1.54, 1.807) is 13.0 Å². The summed E-state index contributed by atoms with van der Waals surface area (Å²) in [6.45, 7) is 4.02. The predicted molar refractivity (Wildman–Crippen MR) is 169 cm³/mol. The maximum absolute atomic E-state index is 16.9. The number of benzene rings is 2. The monoisotopic (exact) mass is 635 g/mol. The number of rotatable bonds is 6. The van der Waals surface area contributed by atoms with Gasteiger partial charge in [-0.15, -0.1) is 0 Å². The first kappa shape index (κ1) is 30.8. The van der Waals surface area contributed by atoms with Crippen molar-refractivity contribution >= 4 is 27.5 Å². The molecule has 1 saturated carbocycles. The van der Waals surface area contributed by atoms with Gasteiger partial charge in [-0.1, -0.05) is 18.6 Å². The van der Waals surface area contributed by atoms with Gasteiger partial charge in [0.1, 0.15) is 39.6 Å². The summed E-state index contributed by atoms with van der Waals surface area (Å²) in [7, 11) is 3.56. The summed E-state index contributed by atoms with van der Waals surface area (Å²) >= 11 is 0. The fourth-order valence-electron chi connectivity index (χ4n) is 7.84. The molecule has 12 heteroatoms. The van der Waals surface area contributed by atoms with Gasteiger partial charge in [0.05, 0.1) is 33.5 Å². The van der Waals surface area contributed by atoms with E-state index in [0.29, 0.717) is 31.2 Å². The van der Waals surface area contributed by atoms with Crippen molar-refractivity contribution in [2.75, 3.05) is 58.5 Å². The van der Waals surface area contributed by atoms with Crippen LogP contribution in [0.3, 0.4) is 0 Å². The minimum atomic E-state index is -1.21. The largest absolute Gasteiger partial charge is 0.508 e. The molecule has 7 rings (SSSR count). The van der Waals surface area contributed by atoms with Gasteiger partial charge in [0.2, 0.25) is 5.88 Å². The molecule has 2 aromatic heterocycles. The first-order valence-electron chi connectivity index (χ1n) is 15.8. The normalized spacial score (nSPS) is 25.5. The maximum atomic E-state index is 16.9. The van der Waals surface area contributed by atoms with Crippen LogP contribution in [-0.4, -0.2) is 95.3 Å². The van der Waals surface area contributed by atoms with E-state index in [4.69, 9.17) is 19.2 Å². The Morgan fingerprint density at radius 1 is 1.09 bits per heavy atom. The van der Waals surface area contributed by atoms with Crippen molar-refractivity contribution in [1.82, 2.24) is 19.9 Å². The van der Waals surface area contributed by atoms with Gasteiger partial charge >= 0.3 is 6.01 Å². The van der Waals surface area contributed by atoms with Crippen LogP contribution in [0.2, 0.25) is 0 Å². The zero-order valence-electron chi connectivity index (χ0n) is 26.4. The number of piperidine rings is 1. The number of β-amino-alcohol motifs (C(OH)–C–C–N with tert-alkyl or cyclic N) is 1. The number of phenols is 1. The lowest BCUT2D eigenvalue weighted by molar-refractivity contribution is -0.0123. The third-order valence-electron chi connectivity index (χ3n) is 9.89. The third-order valence-corrected chi connectivity index (χ3v) is 9.89. The average molecular weight is 636 g/mol. The van der Waals surface area contributed by atoms with Gasteiger partial charge in [-0.3, -0.25) is 0 Å². The molecule has 2 aromatic carbocycles. The first-order chi connectivity index (χ1) is 22.1. The van der Waals surface area contributed by atoms with Gasteiger partial charge in [0, 0.05) is 29.0 Å². The number of pyridine rings is 1. The SMILES string of the molecule is COc1nc(-c2cc(O)cc3cccc(F)c23)c(F)c2nc(OC[C@]34CCC[C@H]3N(C)CCC4)nc(N3CCOC[C@@](C)(O)C3)c12. The molecule has 4 heterocycles. The lowest BCUT2D eigenvalue weighted by atomic mass is 9.76. The molecule has 10 nitrogen and oxygen atoms in total. The van der Waals surface area contributed by atoms with Gasteiger partial charge in [0.15, 0.2) is 5.82 Å². The topological polar surface area (TPSA) is 113 Å². The second kappa shape index (κ2) is 11.7. The molecule has 3 aliphatic rings. The molecule has 4 aromatic rings. The summed E-state index contributed by atoms with van der Waals surface area (Å²) in [5, 5.41) is 22.2. The first-order valence-corrected chi connectivity index (χ1v) is 15.8. The summed E-state index contributed by atoms with van der Waals surface area (Å²) in [6.07, 6.45) is 5.34. The Balaban J connectivity index is 1.42. The Hall–Kier alpha value is -3.87. The smallest absolute Gasteiger partial charge is 0.319 e. The maximum Gasteiger partial charge on any atom is 0.319 e. The van der Waals surface area contributed by atoms with Crippen molar-refractivity contribution in [2.24, 2.45) is 5.41 Å². The van der Waals surface area contributed by atoms with Gasteiger partial charge in [-0.05, 0) is 69.8 Å². The molecule has 0 amide bonds. The van der Waals surface area contributed by atoms with Crippen LogP contribution in [0.5, 0.6) is 17.6 Å². The molecule has 0 radical (unpaired) electrons. The number of fused-ring (bicyclic) bond motifs is 3. The predicted octanol–water partition coefficient (Wildman–Crippen LogP) is 5.07. The number of anilines is 1. The molecular formula is C34H39F2N5O5. The van der Waals surface area contributed by atoms with E-state index in [-0.39, 0.29) is 69.6 Å². The van der Waals surface area contributed by atoms with Crippen LogP contribution in [0.15, 0.2) is 30.3 Å². The third kappa shape index (κ3) is 5.35. The second-order valence-electron chi connectivity index (χ2n) is 13.3. The van der Waals surface area contributed by atoms with E-state index >= 15 is 8.78 Å². The second-order valence-corrected chi connectivity index (χ2v) is 13.3. The Labute approximate surface area is 265 Å². The summed E-state index contributed by atoms with van der Waals surface area (Å²) in [5.41, 5.74) is -1.57. The highest BCUT2D eigenvalue weighted by Gasteiger charge is 2.47. The average Bonchev–Trinajstić information content (AvgIpc) is 3.38. The van der Waals surface area contributed by atoms with Crippen LogP contribution in [0.25, 0.3) is 32.9 Å². The molecule has 46 heavy (non-hydrogen) atoms. The summed E-state index contributed by atoms with van der Waals surface area (Å²) < 4.78 is 49.9. The zero-order valence-corrected chi connectivity index (χ0v) is 26.4. The number of aliphatic hydroxyl groups is 1. The Morgan fingerprint density at radius 2 is 1.91 bits per heavy atom. The summed E-state index contributed by atoms with van der Waals surface area (Å²) in [5.74, 6) is -1.31. The highest BCUT2D eigenvalue weighted by molar-refractivity contribution is 6.02. The number of likely N-dealkylation sites (tertiary alicyclic amines) is 1. The number of halogens is 2. The van der Waals surface area contributed by atoms with Crippen LogP contribution < -0.4 is 14.4 Å². The Kier molecular flexibility index (Phi) is 7.85. The molecular weight excluding hydrogens is 596 g/mol. The molecule has 0 spiro atoms. The van der Waals surface area contributed by atoms with Gasteiger partial charge in [0.25, 0.3) is 0 Å². The van der Waals surface area contributed by atoms with Crippen molar-refractivity contribution in [3.63, 3.8) is 0 Å². The number of aromatic nitrogens is 3. The lowest BCUT2D eigenvalue weighted by Crippen LogP contribution is -2.50. The van der Waals surface area contributed by atoms with Crippen LogP contribution >= 0.6 is 0 Å². The number of hydrogen-bond donors (Lipinski definition) is 2. The molecule has 3 atom stereocenters. The van der Waals surface area contributed by atoms with Crippen LogP contribution in [0.4, 0.5) is 14.6 Å². The Morgan fingerprint density at radius 3 is 2.74 bits per heavy atom. The summed E-state index contributed by atoms with van der Waals surface area (Å²) in [6, 6.07) is 7.51. The van der Waals surface area contributed by atoms with E-state index in [1.807, 2.05) is 4.90 Å². The number of aromatic hydroxyl groups is 1. The van der Waals surface area contributed by atoms with Crippen molar-refractivity contribution in [3.05, 3.63) is 42.0 Å². The fraction of sp³-hybridized carbons (Fsp3) is 0.500. The molecule has 2 aliphatic heterocycles. The number of ether oxygens (including phenoxy) is 3. The molecule has 1 aliphatic carbocycles. The standard InChI is InChI=1S/C34H39F2N5O5/c1-33(43)17-41(13-14-45-18-33)30-26-29(38-32(39-30)46-19-34-10-5-9-24(34)40(2)12-6-11-34)27(36)28(37-31(26)44-3)22-16-21(42)15-20-7-4-8-23(35)25(20)22/h4,7-8,15-16,24,42-43H,5-6,9-14,17-19H2,1-3H3/t24-,33+,34-/m1/s1. The van der Waals surface area contributed by atoms with Gasteiger partial charge < -0.3 is 34.2 Å². The van der Waals surface area contributed by atoms with Crippen LogP contribution in [0, 0.1) is 17.0 Å². The summed E-state index contributed by atoms with van der Waals surface area (Å²) in [4.78, 5) is 18.1. The number of nitrogens with zero attached hydrogens (tertiary/aromatic N) is 5. The molecule has 244 valence electrons. The van der Waals surface area contributed by atoms with Crippen molar-refractivity contribution in [1.29, 1.82) is 0 Å². The number of methoxy groups -OCH3 is 1. The van der Waals surface area contributed by atoms with E-state index in [0.717, 1.165) is 38.6 Å². The van der Waals surface area contributed by atoms with E-state index in [9.17, 15) is 10.2 Å². The minimum absolute atomic E-state index is 0.00828. The molecule has 2 saturated heterocycles. The quantitative estimate of drug-likeness (QED) is 0.298. The molecule has 0 unspecified atom stereocenters. The van der Waals surface area contributed by atoms with Crippen molar-refractivity contribution in [3.8, 4) is 28.9 Å². The number of hydrogen-bond acceptors (Lipinski definition) is 10. The van der Waals surface area contributed by atoms with E-state index in [2.05, 4.69) is 21.9 Å². The zero-order chi connectivity index (χ0) is 32.2. The Bertz CT molecular complexity index is 1810. The van der Waals surface area contributed by atoms with E-state index < -0.39 is 17.2 Å². The van der Waals surface area contributed by atoms with Gasteiger partial charge in [-0.25, -0.2) is 13.8 Å².